The Morgan fingerprint density at radius 1 is 1.28 bits per heavy atom. The summed E-state index contributed by atoms with van der Waals surface area (Å²) in [5.74, 6) is -0.183. The number of halogens is 1. The molecule has 3 rings (SSSR count). The van der Waals surface area contributed by atoms with E-state index in [9.17, 15) is 4.39 Å². The van der Waals surface area contributed by atoms with Crippen molar-refractivity contribution in [2.24, 2.45) is 0 Å². The monoisotopic (exact) mass is 252 g/mol. The number of nitrogens with zero attached hydrogens (tertiary/aromatic N) is 3. The van der Waals surface area contributed by atoms with Gasteiger partial charge in [-0.15, -0.1) is 0 Å². The highest BCUT2D eigenvalue weighted by atomic mass is 19.1. The lowest BCUT2D eigenvalue weighted by molar-refractivity contribution is 0.198. The number of piperidine rings is 1. The maximum atomic E-state index is 12.2. The number of anilines is 1. The molecule has 3 heterocycles. The molecule has 4 nitrogen and oxygen atoms in total. The van der Waals surface area contributed by atoms with Crippen LogP contribution in [0.2, 0.25) is 0 Å². The molecule has 0 bridgehead atoms. The number of nitrogens with two attached hydrogens (primary N) is 1. The number of aryl methyl sites for hydroxylation is 1. The molecule has 2 saturated heterocycles. The van der Waals surface area contributed by atoms with Crippen LogP contribution in [0.3, 0.4) is 0 Å². The fraction of sp³-hybridized carbons (Fsp3) is 0.692. The van der Waals surface area contributed by atoms with Crippen molar-refractivity contribution in [1.29, 1.82) is 0 Å². The molecule has 0 aromatic carbocycles. The third-order valence-corrected chi connectivity index (χ3v) is 3.62. The molecule has 1 aromatic rings. The minimum absolute atomic E-state index is 0.0949. The van der Waals surface area contributed by atoms with Crippen molar-refractivity contribution in [3.63, 3.8) is 0 Å². The van der Waals surface area contributed by atoms with E-state index < -0.39 is 5.82 Å². The van der Waals surface area contributed by atoms with Gasteiger partial charge in [0.15, 0.2) is 11.6 Å². The van der Waals surface area contributed by atoms with Gasteiger partial charge >= 0.3 is 0 Å². The number of aromatic nitrogens is 2. The molecule has 2 aliphatic heterocycles. The maximum Gasteiger partial charge on any atom is 0.183 e. The number of hydrogen-bond acceptors (Lipinski definition) is 4. The van der Waals surface area contributed by atoms with E-state index in [2.05, 4.69) is 14.9 Å². The van der Waals surface area contributed by atoms with Gasteiger partial charge in [0, 0.05) is 6.04 Å². The third kappa shape index (κ3) is 3.38. The Labute approximate surface area is 107 Å². The zero-order valence-corrected chi connectivity index (χ0v) is 10.9. The predicted molar refractivity (Wildman–Crippen MR) is 69.6 cm³/mol. The van der Waals surface area contributed by atoms with Crippen molar-refractivity contribution in [3.05, 3.63) is 17.8 Å². The average Bonchev–Trinajstić information content (AvgIpc) is 2.83. The second-order valence-electron chi connectivity index (χ2n) is 4.98. The molecular weight excluding hydrogens is 231 g/mol. The number of hydrogen-bond donors (Lipinski definition) is 1. The van der Waals surface area contributed by atoms with Gasteiger partial charge in [-0.05, 0) is 45.7 Å². The Morgan fingerprint density at radius 2 is 2.00 bits per heavy atom. The van der Waals surface area contributed by atoms with E-state index in [1.54, 1.807) is 6.92 Å². The van der Waals surface area contributed by atoms with Gasteiger partial charge in [-0.3, -0.25) is 0 Å². The van der Waals surface area contributed by atoms with Crippen LogP contribution in [0.15, 0.2) is 6.20 Å². The zero-order valence-electron chi connectivity index (χ0n) is 10.9. The van der Waals surface area contributed by atoms with Crippen LogP contribution in [0.5, 0.6) is 0 Å². The lowest BCUT2D eigenvalue weighted by Gasteiger charge is -2.28. The molecule has 1 atom stereocenters. The number of fused-ring (bicyclic) bond motifs is 1. The highest BCUT2D eigenvalue weighted by Gasteiger charge is 2.25. The van der Waals surface area contributed by atoms with Crippen molar-refractivity contribution in [1.82, 2.24) is 14.9 Å². The fourth-order valence-corrected chi connectivity index (χ4v) is 2.68. The molecule has 18 heavy (non-hydrogen) atoms. The highest BCUT2D eigenvalue weighted by Crippen LogP contribution is 2.25. The Bertz CT molecular complexity index is 385. The molecule has 2 N–H and O–H groups in total. The first kappa shape index (κ1) is 13.2. The second-order valence-corrected chi connectivity index (χ2v) is 4.98. The van der Waals surface area contributed by atoms with Crippen LogP contribution in [-0.4, -0.2) is 34.0 Å². The highest BCUT2D eigenvalue weighted by molar-refractivity contribution is 5.27. The fourth-order valence-electron chi connectivity index (χ4n) is 2.68. The molecule has 100 valence electrons. The summed E-state index contributed by atoms with van der Waals surface area (Å²) in [6.45, 7) is 4.44. The molecule has 2 aliphatic rings. The van der Waals surface area contributed by atoms with Crippen molar-refractivity contribution in [2.75, 3.05) is 18.8 Å². The van der Waals surface area contributed by atoms with E-state index >= 15 is 0 Å². The average molecular weight is 252 g/mol. The van der Waals surface area contributed by atoms with Crippen LogP contribution in [0, 0.1) is 12.7 Å². The van der Waals surface area contributed by atoms with Crippen molar-refractivity contribution in [2.45, 2.75) is 45.1 Å². The summed E-state index contributed by atoms with van der Waals surface area (Å²) in [6.07, 6.45) is 8.43. The molecule has 1 aromatic heterocycles. The first-order chi connectivity index (χ1) is 8.66. The Morgan fingerprint density at radius 3 is 2.67 bits per heavy atom. The van der Waals surface area contributed by atoms with Gasteiger partial charge in [0.1, 0.15) is 5.82 Å². The van der Waals surface area contributed by atoms with Crippen LogP contribution < -0.4 is 5.73 Å². The molecule has 0 saturated carbocycles. The molecule has 0 spiro atoms. The van der Waals surface area contributed by atoms with E-state index in [1.165, 1.54) is 45.2 Å². The largest absolute Gasteiger partial charge is 0.381 e. The van der Waals surface area contributed by atoms with Crippen LogP contribution in [-0.2, 0) is 0 Å². The normalized spacial score (nSPS) is 23.1. The minimum atomic E-state index is -0.569. The van der Waals surface area contributed by atoms with Crippen LogP contribution in [0.1, 0.15) is 37.9 Å². The van der Waals surface area contributed by atoms with Gasteiger partial charge in [-0.25, -0.2) is 14.4 Å². The Hall–Kier alpha value is -1.23. The quantitative estimate of drug-likeness (QED) is 0.768. The molecule has 0 aliphatic carbocycles. The van der Waals surface area contributed by atoms with Gasteiger partial charge in [0.25, 0.3) is 0 Å². The Balaban J connectivity index is 0.000000134. The summed E-state index contributed by atoms with van der Waals surface area (Å²) in [4.78, 5) is 9.81. The van der Waals surface area contributed by atoms with Gasteiger partial charge in [-0.2, -0.15) is 0 Å². The van der Waals surface area contributed by atoms with Crippen LogP contribution in [0.25, 0.3) is 0 Å². The summed E-state index contributed by atoms with van der Waals surface area (Å²) in [5.41, 5.74) is 5.09. The van der Waals surface area contributed by atoms with Crippen LogP contribution >= 0.6 is 0 Å². The van der Waals surface area contributed by atoms with Crippen molar-refractivity contribution in [3.8, 4) is 0 Å². The summed E-state index contributed by atoms with van der Waals surface area (Å²) in [7, 11) is 0. The van der Waals surface area contributed by atoms with Gasteiger partial charge in [-0.1, -0.05) is 6.42 Å². The van der Waals surface area contributed by atoms with E-state index in [0.717, 1.165) is 12.2 Å². The molecule has 5 heteroatoms. The molecule has 1 unspecified atom stereocenters. The first-order valence-electron chi connectivity index (χ1n) is 6.65. The Kier molecular flexibility index (Phi) is 4.47. The summed E-state index contributed by atoms with van der Waals surface area (Å²) in [6, 6.07) is 0.999. The summed E-state index contributed by atoms with van der Waals surface area (Å²) in [5, 5.41) is 0. The van der Waals surface area contributed by atoms with Gasteiger partial charge in [0.05, 0.1) is 6.20 Å². The minimum Gasteiger partial charge on any atom is -0.381 e. The topological polar surface area (TPSA) is 55.0 Å². The molecular formula is C13H21FN4. The van der Waals surface area contributed by atoms with E-state index in [1.807, 2.05) is 0 Å². The standard InChI is InChI=1S/C8H15N.C5H6FN3/c1-2-6-9-7-3-5-8(9)4-1;1-3-8-2-4(6)5(7)9-3/h8H,1-7H2;2H,1H3,(H2,7,8,9). The lowest BCUT2D eigenvalue weighted by atomic mass is 10.0. The maximum absolute atomic E-state index is 12.2. The lowest BCUT2D eigenvalue weighted by Crippen LogP contribution is -2.33. The molecule has 2 fully saturated rings. The molecule has 0 radical (unpaired) electrons. The van der Waals surface area contributed by atoms with E-state index in [0.29, 0.717) is 5.82 Å². The van der Waals surface area contributed by atoms with Crippen molar-refractivity contribution < 1.29 is 4.39 Å². The van der Waals surface area contributed by atoms with Crippen LogP contribution in [0.4, 0.5) is 10.2 Å². The zero-order chi connectivity index (χ0) is 13.0. The van der Waals surface area contributed by atoms with Crippen molar-refractivity contribution >= 4 is 5.82 Å². The second kappa shape index (κ2) is 6.09. The van der Waals surface area contributed by atoms with Gasteiger partial charge in [0.2, 0.25) is 0 Å². The summed E-state index contributed by atoms with van der Waals surface area (Å²) >= 11 is 0. The molecule has 0 amide bonds. The SMILES string of the molecule is C1CCN2CCCC2C1.Cc1ncc(F)c(N)n1. The number of rotatable bonds is 0. The third-order valence-electron chi connectivity index (χ3n) is 3.62. The summed E-state index contributed by atoms with van der Waals surface area (Å²) < 4.78 is 12.2. The van der Waals surface area contributed by atoms with E-state index in [4.69, 9.17) is 5.73 Å². The van der Waals surface area contributed by atoms with Gasteiger partial charge < -0.3 is 10.6 Å². The number of nitrogen functional groups attached to an aromatic ring is 1. The first-order valence-corrected chi connectivity index (χ1v) is 6.65. The smallest absolute Gasteiger partial charge is 0.183 e. The predicted octanol–water partition coefficient (Wildman–Crippen LogP) is 2.14. The van der Waals surface area contributed by atoms with E-state index in [-0.39, 0.29) is 5.82 Å².